The molecule has 16 heavy (non-hydrogen) atoms. The summed E-state index contributed by atoms with van der Waals surface area (Å²) in [7, 11) is 0. The Hall–Kier alpha value is -0.900. The average Bonchev–Trinajstić information content (AvgIpc) is 2.10. The van der Waals surface area contributed by atoms with Crippen LogP contribution in [0.2, 0.25) is 0 Å². The number of aldehydes is 1. The predicted molar refractivity (Wildman–Crippen MR) is 60.9 cm³/mol. The summed E-state index contributed by atoms with van der Waals surface area (Å²) in [6, 6.07) is 0. The minimum Gasteiger partial charge on any atom is -0.460 e. The van der Waals surface area contributed by atoms with E-state index in [4.69, 9.17) is 4.74 Å². The lowest BCUT2D eigenvalue weighted by Gasteiger charge is -2.22. The highest BCUT2D eigenvalue weighted by atomic mass is 16.6. The first-order valence-electron chi connectivity index (χ1n) is 5.60. The van der Waals surface area contributed by atoms with Gasteiger partial charge in [0.25, 0.3) is 0 Å². The van der Waals surface area contributed by atoms with Crippen LogP contribution in [0.4, 0.5) is 0 Å². The van der Waals surface area contributed by atoms with Gasteiger partial charge < -0.3 is 14.6 Å². The van der Waals surface area contributed by atoms with E-state index in [-0.39, 0.29) is 18.3 Å². The molecular weight excluding hydrogens is 208 g/mol. The third-order valence-electron chi connectivity index (χ3n) is 2.15. The number of hydrogen-bond acceptors (Lipinski definition) is 4. The summed E-state index contributed by atoms with van der Waals surface area (Å²) in [6.07, 6.45) is 1.03. The molecule has 0 radical (unpaired) electrons. The summed E-state index contributed by atoms with van der Waals surface area (Å²) in [5.41, 5.74) is -0.495. The lowest BCUT2D eigenvalue weighted by Crippen LogP contribution is -2.27. The van der Waals surface area contributed by atoms with Crippen LogP contribution in [0.3, 0.4) is 0 Å². The van der Waals surface area contributed by atoms with Crippen LogP contribution in [0.5, 0.6) is 0 Å². The summed E-state index contributed by atoms with van der Waals surface area (Å²) in [5.74, 6) is -0.500. The second kappa shape index (κ2) is 6.63. The molecule has 0 amide bonds. The van der Waals surface area contributed by atoms with Crippen molar-refractivity contribution >= 4 is 12.3 Å². The van der Waals surface area contributed by atoms with Gasteiger partial charge in [-0.15, -0.1) is 0 Å². The summed E-state index contributed by atoms with van der Waals surface area (Å²) in [4.78, 5) is 21.6. The van der Waals surface area contributed by atoms with E-state index in [1.165, 1.54) is 0 Å². The average molecular weight is 230 g/mol. The van der Waals surface area contributed by atoms with E-state index >= 15 is 0 Å². The molecule has 0 rings (SSSR count). The third-order valence-corrected chi connectivity index (χ3v) is 2.15. The van der Waals surface area contributed by atoms with Crippen molar-refractivity contribution in [2.45, 2.75) is 58.7 Å². The lowest BCUT2D eigenvalue weighted by atomic mass is 9.97. The van der Waals surface area contributed by atoms with Gasteiger partial charge in [0, 0.05) is 6.42 Å². The van der Waals surface area contributed by atoms with Gasteiger partial charge >= 0.3 is 5.97 Å². The van der Waals surface area contributed by atoms with E-state index in [9.17, 15) is 14.7 Å². The molecule has 0 saturated heterocycles. The Kier molecular flexibility index (Phi) is 6.26. The Morgan fingerprint density at radius 2 is 2.00 bits per heavy atom. The van der Waals surface area contributed by atoms with Crippen molar-refractivity contribution in [3.05, 3.63) is 0 Å². The molecule has 0 bridgehead atoms. The monoisotopic (exact) mass is 230 g/mol. The molecule has 2 atom stereocenters. The largest absolute Gasteiger partial charge is 0.460 e. The fourth-order valence-corrected chi connectivity index (χ4v) is 1.31. The Bertz CT molecular complexity index is 230. The van der Waals surface area contributed by atoms with Crippen LogP contribution in [-0.4, -0.2) is 29.1 Å². The predicted octanol–water partition coefficient (Wildman–Crippen LogP) is 1.69. The van der Waals surface area contributed by atoms with Crippen molar-refractivity contribution in [2.75, 3.05) is 0 Å². The summed E-state index contributed by atoms with van der Waals surface area (Å²) < 4.78 is 5.14. The Morgan fingerprint density at radius 1 is 1.44 bits per heavy atom. The van der Waals surface area contributed by atoms with Gasteiger partial charge in [0.1, 0.15) is 11.9 Å². The van der Waals surface area contributed by atoms with Gasteiger partial charge in [0.2, 0.25) is 0 Å². The zero-order valence-corrected chi connectivity index (χ0v) is 10.5. The van der Waals surface area contributed by atoms with E-state index in [0.29, 0.717) is 12.8 Å². The van der Waals surface area contributed by atoms with Crippen molar-refractivity contribution in [2.24, 2.45) is 5.92 Å². The SMILES string of the molecule is C[C@H](CC(=O)OC(C)(C)C)C(O)CCC=O. The number of esters is 1. The molecule has 0 aromatic carbocycles. The smallest absolute Gasteiger partial charge is 0.306 e. The van der Waals surface area contributed by atoms with Crippen LogP contribution in [0.15, 0.2) is 0 Å². The van der Waals surface area contributed by atoms with Gasteiger partial charge in [0.15, 0.2) is 0 Å². The summed E-state index contributed by atoms with van der Waals surface area (Å²) in [6.45, 7) is 7.19. The molecule has 0 saturated carbocycles. The second-order valence-electron chi connectivity index (χ2n) is 5.08. The Balaban J connectivity index is 3.98. The molecule has 0 spiro atoms. The van der Waals surface area contributed by atoms with Gasteiger partial charge in [-0.2, -0.15) is 0 Å². The first kappa shape index (κ1) is 15.1. The highest BCUT2D eigenvalue weighted by Crippen LogP contribution is 2.16. The van der Waals surface area contributed by atoms with Crippen molar-refractivity contribution in [3.63, 3.8) is 0 Å². The normalized spacial score (nSPS) is 15.3. The van der Waals surface area contributed by atoms with Gasteiger partial charge in [-0.25, -0.2) is 0 Å². The van der Waals surface area contributed by atoms with E-state index in [2.05, 4.69) is 0 Å². The molecular formula is C12H22O4. The van der Waals surface area contributed by atoms with Gasteiger partial charge in [-0.1, -0.05) is 6.92 Å². The number of carbonyl (C=O) groups is 2. The fourth-order valence-electron chi connectivity index (χ4n) is 1.31. The molecule has 0 aliphatic heterocycles. The van der Waals surface area contributed by atoms with Crippen LogP contribution < -0.4 is 0 Å². The molecule has 1 N–H and O–H groups in total. The molecule has 0 aliphatic carbocycles. The highest BCUT2D eigenvalue weighted by molar-refractivity contribution is 5.70. The summed E-state index contributed by atoms with van der Waals surface area (Å²) in [5, 5.41) is 9.63. The highest BCUT2D eigenvalue weighted by Gasteiger charge is 2.22. The molecule has 0 aromatic heterocycles. The van der Waals surface area contributed by atoms with Crippen LogP contribution in [0.1, 0.15) is 47.0 Å². The Morgan fingerprint density at radius 3 is 2.44 bits per heavy atom. The first-order chi connectivity index (χ1) is 7.26. The second-order valence-corrected chi connectivity index (χ2v) is 5.08. The number of carbonyl (C=O) groups excluding carboxylic acids is 2. The lowest BCUT2D eigenvalue weighted by molar-refractivity contribution is -0.156. The number of rotatable bonds is 6. The van der Waals surface area contributed by atoms with E-state index in [1.54, 1.807) is 27.7 Å². The molecule has 0 fully saturated rings. The van der Waals surface area contributed by atoms with Crippen LogP contribution >= 0.6 is 0 Å². The molecule has 4 heteroatoms. The first-order valence-corrected chi connectivity index (χ1v) is 5.60. The minimum atomic E-state index is -0.627. The minimum absolute atomic E-state index is 0.178. The zero-order chi connectivity index (χ0) is 12.8. The summed E-state index contributed by atoms with van der Waals surface area (Å²) >= 11 is 0. The van der Waals surface area contributed by atoms with Crippen molar-refractivity contribution in [1.82, 2.24) is 0 Å². The maximum Gasteiger partial charge on any atom is 0.306 e. The van der Waals surface area contributed by atoms with Gasteiger partial charge in [0.05, 0.1) is 12.5 Å². The molecule has 1 unspecified atom stereocenters. The van der Waals surface area contributed by atoms with Crippen molar-refractivity contribution in [1.29, 1.82) is 0 Å². The zero-order valence-electron chi connectivity index (χ0n) is 10.5. The van der Waals surface area contributed by atoms with Crippen LogP contribution in [-0.2, 0) is 14.3 Å². The Labute approximate surface area is 97.0 Å². The number of aliphatic hydroxyl groups is 1. The third kappa shape index (κ3) is 7.40. The van der Waals surface area contributed by atoms with Crippen LogP contribution in [0, 0.1) is 5.92 Å². The fraction of sp³-hybridized carbons (Fsp3) is 0.833. The quantitative estimate of drug-likeness (QED) is 0.557. The van der Waals surface area contributed by atoms with Crippen molar-refractivity contribution in [3.8, 4) is 0 Å². The number of aliphatic hydroxyl groups excluding tert-OH is 1. The number of hydrogen-bond donors (Lipinski definition) is 1. The molecule has 0 aromatic rings. The number of ether oxygens (including phenoxy) is 1. The van der Waals surface area contributed by atoms with E-state index in [1.807, 2.05) is 0 Å². The van der Waals surface area contributed by atoms with E-state index in [0.717, 1.165) is 6.29 Å². The van der Waals surface area contributed by atoms with Gasteiger partial charge in [-0.05, 0) is 33.1 Å². The molecule has 94 valence electrons. The molecule has 4 nitrogen and oxygen atoms in total. The van der Waals surface area contributed by atoms with Crippen molar-refractivity contribution < 1.29 is 19.4 Å². The van der Waals surface area contributed by atoms with E-state index < -0.39 is 11.7 Å². The molecule has 0 aliphatic rings. The van der Waals surface area contributed by atoms with Crippen LogP contribution in [0.25, 0.3) is 0 Å². The maximum atomic E-state index is 11.4. The molecule has 0 heterocycles. The maximum absolute atomic E-state index is 11.4. The topological polar surface area (TPSA) is 63.6 Å². The van der Waals surface area contributed by atoms with Gasteiger partial charge in [-0.3, -0.25) is 4.79 Å². The standard InChI is InChI=1S/C12H22O4/c1-9(10(14)6-5-7-13)8-11(15)16-12(2,3)4/h7,9-10,14H,5-6,8H2,1-4H3/t9-,10?/m1/s1.